The molecular weight excluding hydrogens is 444 g/mol. The van der Waals surface area contributed by atoms with Crippen LogP contribution in [-0.4, -0.2) is 46.6 Å². The summed E-state index contributed by atoms with van der Waals surface area (Å²) in [7, 11) is 0. The van der Waals surface area contributed by atoms with Crippen molar-refractivity contribution in [2.24, 2.45) is 33.7 Å². The van der Waals surface area contributed by atoms with Gasteiger partial charge in [-0.05, 0) is 93.5 Å². The van der Waals surface area contributed by atoms with Crippen molar-refractivity contribution in [3.8, 4) is 12.3 Å². The number of nitrogens with one attached hydrogen (secondary N) is 1. The van der Waals surface area contributed by atoms with Crippen molar-refractivity contribution in [3.63, 3.8) is 0 Å². The molecule has 4 rings (SSSR count). The highest BCUT2D eigenvalue weighted by Crippen LogP contribution is 2.67. The summed E-state index contributed by atoms with van der Waals surface area (Å²) >= 11 is 0. The van der Waals surface area contributed by atoms with E-state index in [9.17, 15) is 14.7 Å². The fourth-order valence-electron chi connectivity index (χ4n) is 7.75. The lowest BCUT2D eigenvalue weighted by Crippen LogP contribution is -2.54. The summed E-state index contributed by atoms with van der Waals surface area (Å²) in [4.78, 5) is 27.8. The van der Waals surface area contributed by atoms with Crippen molar-refractivity contribution < 1.29 is 24.6 Å². The first-order chi connectivity index (χ1) is 16.6. The fraction of sp³-hybridized carbons (Fsp3) is 0.750. The molecule has 0 aliphatic heterocycles. The Hall–Kier alpha value is -2.33. The van der Waals surface area contributed by atoms with Gasteiger partial charge < -0.3 is 20.4 Å². The second-order valence-corrected chi connectivity index (χ2v) is 11.6. The van der Waals surface area contributed by atoms with Gasteiger partial charge in [-0.1, -0.05) is 30.5 Å². The van der Waals surface area contributed by atoms with Crippen LogP contribution < -0.4 is 5.32 Å². The molecule has 0 unspecified atom stereocenters. The Morgan fingerprint density at radius 1 is 1.17 bits per heavy atom. The molecule has 0 radical (unpaired) electrons. The maximum Gasteiger partial charge on any atom is 0.303 e. The SMILES string of the molecule is C#C[C@]1(O)CC[C@@H]2[C@@H]3CCC4=C/C(=N/OCC(=O)NCCCCC(=O)O)CC[C@]4(C)[C@@H]3CC[C@@]21C. The Morgan fingerprint density at radius 3 is 2.69 bits per heavy atom. The van der Waals surface area contributed by atoms with Crippen LogP contribution in [0.4, 0.5) is 0 Å². The van der Waals surface area contributed by atoms with Crippen LogP contribution in [0.15, 0.2) is 16.8 Å². The Kier molecular flexibility index (Phi) is 7.33. The predicted molar refractivity (Wildman–Crippen MR) is 133 cm³/mol. The highest BCUT2D eigenvalue weighted by molar-refractivity contribution is 5.96. The van der Waals surface area contributed by atoms with Crippen LogP contribution >= 0.6 is 0 Å². The number of fused-ring (bicyclic) bond motifs is 5. The number of oxime groups is 1. The summed E-state index contributed by atoms with van der Waals surface area (Å²) in [6.07, 6.45) is 17.1. The molecule has 3 fully saturated rings. The number of nitrogens with zero attached hydrogens (tertiary/aromatic N) is 1. The lowest BCUT2D eigenvalue weighted by Gasteiger charge is -2.58. The number of rotatable bonds is 8. The molecule has 4 aliphatic carbocycles. The topological polar surface area (TPSA) is 108 Å². The number of carbonyl (C=O) groups is 2. The molecule has 0 aromatic rings. The smallest absolute Gasteiger partial charge is 0.303 e. The van der Waals surface area contributed by atoms with Crippen molar-refractivity contribution in [2.45, 2.75) is 90.1 Å². The Balaban J connectivity index is 1.33. The van der Waals surface area contributed by atoms with E-state index in [4.69, 9.17) is 16.4 Å². The van der Waals surface area contributed by atoms with E-state index in [2.05, 4.69) is 36.3 Å². The van der Waals surface area contributed by atoms with E-state index in [0.29, 0.717) is 37.1 Å². The fourth-order valence-corrected chi connectivity index (χ4v) is 7.75. The number of unbranched alkanes of at least 4 members (excludes halogenated alkanes) is 1. The zero-order valence-corrected chi connectivity index (χ0v) is 21.1. The molecule has 0 spiro atoms. The molecule has 0 aromatic carbocycles. The first-order valence-corrected chi connectivity index (χ1v) is 13.2. The zero-order chi connectivity index (χ0) is 25.3. The minimum absolute atomic E-state index is 0.113. The van der Waals surface area contributed by atoms with Gasteiger partial charge in [0.25, 0.3) is 5.91 Å². The van der Waals surface area contributed by atoms with Crippen LogP contribution in [0.3, 0.4) is 0 Å². The van der Waals surface area contributed by atoms with Crippen molar-refractivity contribution in [3.05, 3.63) is 11.6 Å². The Morgan fingerprint density at radius 2 is 1.94 bits per heavy atom. The standard InChI is InChI=1S/C28H40N2O5/c1-4-28(34)15-12-23-21-9-8-19-17-20(10-13-26(19,2)22(21)11-14-27(23,28)3)30-35-18-24(31)29-16-6-5-7-25(32)33/h1,17,21-23,34H,5-16,18H2,2-3H3,(H,29,31)(H,32,33)/b30-20+/t21-,22-,23-,26+,27+,28+/m1/s1. The van der Waals surface area contributed by atoms with Crippen molar-refractivity contribution in [1.82, 2.24) is 5.32 Å². The molecule has 1 amide bonds. The van der Waals surface area contributed by atoms with Gasteiger partial charge in [-0.3, -0.25) is 9.59 Å². The third kappa shape index (κ3) is 4.74. The number of hydrogen-bond acceptors (Lipinski definition) is 5. The van der Waals surface area contributed by atoms with Crippen LogP contribution in [0.1, 0.15) is 84.5 Å². The first-order valence-electron chi connectivity index (χ1n) is 13.2. The van der Waals surface area contributed by atoms with E-state index in [1.54, 1.807) is 0 Å². The number of carboxylic acids is 1. The third-order valence-electron chi connectivity index (χ3n) is 9.88. The monoisotopic (exact) mass is 484 g/mol. The quantitative estimate of drug-likeness (QED) is 0.274. The lowest BCUT2D eigenvalue weighted by atomic mass is 9.46. The summed E-state index contributed by atoms with van der Waals surface area (Å²) in [5.74, 6) is 3.39. The van der Waals surface area contributed by atoms with Gasteiger partial charge in [0, 0.05) is 18.4 Å². The number of carboxylic acid groups (broad SMARTS) is 1. The highest BCUT2D eigenvalue weighted by atomic mass is 16.6. The molecule has 0 aromatic heterocycles. The van der Waals surface area contributed by atoms with Gasteiger partial charge in [0.05, 0.1) is 5.71 Å². The molecule has 35 heavy (non-hydrogen) atoms. The van der Waals surface area contributed by atoms with E-state index in [-0.39, 0.29) is 29.8 Å². The Bertz CT molecular complexity index is 951. The Labute approximate surface area is 208 Å². The van der Waals surface area contributed by atoms with Gasteiger partial charge in [-0.2, -0.15) is 0 Å². The minimum atomic E-state index is -0.964. The van der Waals surface area contributed by atoms with Crippen LogP contribution in [0.5, 0.6) is 0 Å². The second-order valence-electron chi connectivity index (χ2n) is 11.6. The van der Waals surface area contributed by atoms with Gasteiger partial charge in [-0.25, -0.2) is 0 Å². The number of hydrogen-bond donors (Lipinski definition) is 3. The molecule has 0 heterocycles. The summed E-state index contributed by atoms with van der Waals surface area (Å²) in [6, 6.07) is 0. The predicted octanol–water partition coefficient (Wildman–Crippen LogP) is 4.06. The van der Waals surface area contributed by atoms with Crippen LogP contribution in [0, 0.1) is 40.9 Å². The molecule has 6 atom stereocenters. The zero-order valence-electron chi connectivity index (χ0n) is 21.1. The van der Waals surface area contributed by atoms with E-state index >= 15 is 0 Å². The van der Waals surface area contributed by atoms with Gasteiger partial charge in [-0.15, -0.1) is 6.42 Å². The second kappa shape index (κ2) is 9.97. The summed E-state index contributed by atoms with van der Waals surface area (Å²) in [5.41, 5.74) is 1.35. The number of allylic oxidation sites excluding steroid dienone is 2. The van der Waals surface area contributed by atoms with Crippen LogP contribution in [-0.2, 0) is 14.4 Å². The number of aliphatic hydroxyl groups is 1. The van der Waals surface area contributed by atoms with E-state index in [1.165, 1.54) is 5.57 Å². The van der Waals surface area contributed by atoms with Gasteiger partial charge in [0.2, 0.25) is 0 Å². The maximum atomic E-state index is 11.9. The summed E-state index contributed by atoms with van der Waals surface area (Å²) < 4.78 is 0. The van der Waals surface area contributed by atoms with E-state index < -0.39 is 11.6 Å². The van der Waals surface area contributed by atoms with Gasteiger partial charge in [0.1, 0.15) is 5.60 Å². The average molecular weight is 485 g/mol. The number of aliphatic carboxylic acids is 1. The van der Waals surface area contributed by atoms with Gasteiger partial charge >= 0.3 is 5.97 Å². The van der Waals surface area contributed by atoms with Crippen molar-refractivity contribution in [1.29, 1.82) is 0 Å². The molecule has 4 aliphatic rings. The highest BCUT2D eigenvalue weighted by Gasteiger charge is 2.63. The van der Waals surface area contributed by atoms with E-state index in [0.717, 1.165) is 57.1 Å². The average Bonchev–Trinajstić information content (AvgIpc) is 3.10. The minimum Gasteiger partial charge on any atom is -0.481 e. The molecule has 0 saturated heterocycles. The van der Waals surface area contributed by atoms with E-state index in [1.807, 2.05) is 0 Å². The van der Waals surface area contributed by atoms with Crippen LogP contribution in [0.25, 0.3) is 0 Å². The number of amides is 1. The number of terminal acetylenes is 1. The van der Waals surface area contributed by atoms with Crippen LogP contribution in [0.2, 0.25) is 0 Å². The summed E-state index contributed by atoms with van der Waals surface area (Å²) in [6.45, 7) is 4.95. The first kappa shape index (κ1) is 25.8. The van der Waals surface area contributed by atoms with Gasteiger partial charge in [0.15, 0.2) is 6.61 Å². The molecule has 7 heteroatoms. The molecular formula is C28H40N2O5. The molecule has 0 bridgehead atoms. The number of carbonyl (C=O) groups excluding carboxylic acids is 1. The molecule has 3 saturated carbocycles. The maximum absolute atomic E-state index is 11.9. The largest absolute Gasteiger partial charge is 0.481 e. The lowest BCUT2D eigenvalue weighted by molar-refractivity contribution is -0.137. The molecule has 192 valence electrons. The summed E-state index contributed by atoms with van der Waals surface area (Å²) in [5, 5.41) is 26.8. The molecule has 7 nitrogen and oxygen atoms in total. The van der Waals surface area contributed by atoms with Crippen molar-refractivity contribution >= 4 is 17.6 Å². The normalized spacial score (nSPS) is 39.0. The molecule has 3 N–H and O–H groups in total. The van der Waals surface area contributed by atoms with Crippen molar-refractivity contribution in [2.75, 3.05) is 13.2 Å². The third-order valence-corrected chi connectivity index (χ3v) is 9.88.